The number of methoxy groups -OCH3 is 1. The van der Waals surface area contributed by atoms with Crippen molar-refractivity contribution in [2.75, 3.05) is 20.3 Å². The molecule has 0 aliphatic carbocycles. The molecule has 1 atom stereocenters. The van der Waals surface area contributed by atoms with Crippen molar-refractivity contribution in [1.82, 2.24) is 5.32 Å². The van der Waals surface area contributed by atoms with Crippen molar-refractivity contribution in [2.45, 2.75) is 12.5 Å². The van der Waals surface area contributed by atoms with Crippen molar-refractivity contribution in [1.29, 1.82) is 0 Å². The number of amides is 1. The Morgan fingerprint density at radius 1 is 1.13 bits per heavy atom. The summed E-state index contributed by atoms with van der Waals surface area (Å²) in [6.45, 7) is 1.64. The van der Waals surface area contributed by atoms with E-state index in [1.165, 1.54) is 0 Å². The molecule has 2 aromatic carbocycles. The van der Waals surface area contributed by atoms with E-state index in [1.54, 1.807) is 38.3 Å². The van der Waals surface area contributed by atoms with Crippen molar-refractivity contribution in [3.8, 4) is 11.5 Å². The zero-order chi connectivity index (χ0) is 16.7. The molecule has 23 heavy (non-hydrogen) atoms. The number of hydrogen-bond acceptors (Lipinski definition) is 4. The molecule has 2 rings (SSSR count). The van der Waals surface area contributed by atoms with E-state index < -0.39 is 5.60 Å². The minimum absolute atomic E-state index is 0.108. The summed E-state index contributed by atoms with van der Waals surface area (Å²) in [7, 11) is 1.57. The summed E-state index contributed by atoms with van der Waals surface area (Å²) in [4.78, 5) is 11.9. The van der Waals surface area contributed by atoms with Gasteiger partial charge in [0.25, 0.3) is 5.91 Å². The number of nitrogens with one attached hydrogen (secondary N) is 1. The van der Waals surface area contributed by atoms with Crippen LogP contribution in [0.2, 0.25) is 0 Å². The lowest BCUT2D eigenvalue weighted by Crippen LogP contribution is -2.40. The summed E-state index contributed by atoms with van der Waals surface area (Å²) in [5, 5.41) is 13.1. The van der Waals surface area contributed by atoms with Gasteiger partial charge in [0, 0.05) is 6.07 Å². The summed E-state index contributed by atoms with van der Waals surface area (Å²) in [5.41, 5.74) is -0.388. The number of aliphatic hydroxyl groups is 1. The van der Waals surface area contributed by atoms with E-state index in [-0.39, 0.29) is 19.1 Å². The van der Waals surface area contributed by atoms with Crippen molar-refractivity contribution >= 4 is 5.91 Å². The van der Waals surface area contributed by atoms with E-state index in [0.29, 0.717) is 11.5 Å². The van der Waals surface area contributed by atoms with Gasteiger partial charge in [0.05, 0.1) is 13.7 Å². The van der Waals surface area contributed by atoms with E-state index in [9.17, 15) is 9.90 Å². The zero-order valence-corrected chi connectivity index (χ0v) is 13.3. The van der Waals surface area contributed by atoms with Gasteiger partial charge in [-0.3, -0.25) is 4.79 Å². The fourth-order valence-corrected chi connectivity index (χ4v) is 2.06. The van der Waals surface area contributed by atoms with Crippen LogP contribution in [0.5, 0.6) is 11.5 Å². The van der Waals surface area contributed by atoms with E-state index in [2.05, 4.69) is 5.32 Å². The van der Waals surface area contributed by atoms with Crippen LogP contribution in [-0.2, 0) is 10.4 Å². The van der Waals surface area contributed by atoms with Crippen LogP contribution in [0.3, 0.4) is 0 Å². The van der Waals surface area contributed by atoms with E-state index in [0.717, 1.165) is 5.56 Å². The normalized spacial score (nSPS) is 13.0. The highest BCUT2D eigenvalue weighted by Crippen LogP contribution is 2.20. The number of hydrogen-bond donors (Lipinski definition) is 2. The monoisotopic (exact) mass is 315 g/mol. The van der Waals surface area contributed by atoms with Gasteiger partial charge in [-0.1, -0.05) is 36.4 Å². The number of rotatable bonds is 7. The Bertz CT molecular complexity index is 640. The molecule has 0 fully saturated rings. The SMILES string of the molecule is COc1cccc(OCC(=O)NCC(C)(O)c2ccccc2)c1. The first-order valence-electron chi connectivity index (χ1n) is 7.33. The third kappa shape index (κ3) is 5.00. The molecule has 5 heteroatoms. The Hall–Kier alpha value is -2.53. The molecular formula is C18H21NO4. The van der Waals surface area contributed by atoms with Gasteiger partial charge < -0.3 is 19.9 Å². The molecule has 2 N–H and O–H groups in total. The Kier molecular flexibility index (Phi) is 5.60. The second-order valence-corrected chi connectivity index (χ2v) is 5.38. The quantitative estimate of drug-likeness (QED) is 0.821. The van der Waals surface area contributed by atoms with Crippen LogP contribution >= 0.6 is 0 Å². The second-order valence-electron chi connectivity index (χ2n) is 5.38. The number of benzene rings is 2. The number of carbonyl (C=O) groups excluding carboxylic acids is 1. The molecule has 0 aliphatic heterocycles. The van der Waals surface area contributed by atoms with Crippen LogP contribution in [0.1, 0.15) is 12.5 Å². The van der Waals surface area contributed by atoms with Gasteiger partial charge in [-0.15, -0.1) is 0 Å². The van der Waals surface area contributed by atoms with Gasteiger partial charge in [0.1, 0.15) is 17.1 Å². The third-order valence-electron chi connectivity index (χ3n) is 3.44. The number of ether oxygens (including phenoxy) is 2. The molecule has 0 spiro atoms. The lowest BCUT2D eigenvalue weighted by Gasteiger charge is -2.24. The van der Waals surface area contributed by atoms with Gasteiger partial charge >= 0.3 is 0 Å². The highest BCUT2D eigenvalue weighted by molar-refractivity contribution is 5.77. The molecule has 122 valence electrons. The molecule has 0 bridgehead atoms. The Balaban J connectivity index is 1.83. The topological polar surface area (TPSA) is 67.8 Å². The summed E-state index contributed by atoms with van der Waals surface area (Å²) in [6, 6.07) is 16.2. The zero-order valence-electron chi connectivity index (χ0n) is 13.3. The van der Waals surface area contributed by atoms with Gasteiger partial charge in [-0.2, -0.15) is 0 Å². The molecule has 1 unspecified atom stereocenters. The summed E-state index contributed by atoms with van der Waals surface area (Å²) in [6.07, 6.45) is 0. The van der Waals surface area contributed by atoms with Crippen molar-refractivity contribution < 1.29 is 19.4 Å². The van der Waals surface area contributed by atoms with Crippen LogP contribution in [0.25, 0.3) is 0 Å². The van der Waals surface area contributed by atoms with Crippen molar-refractivity contribution in [2.24, 2.45) is 0 Å². The lowest BCUT2D eigenvalue weighted by atomic mass is 9.96. The van der Waals surface area contributed by atoms with E-state index in [4.69, 9.17) is 9.47 Å². The first-order valence-corrected chi connectivity index (χ1v) is 7.33. The van der Waals surface area contributed by atoms with Gasteiger partial charge in [-0.05, 0) is 24.6 Å². The first kappa shape index (κ1) is 16.8. The average Bonchev–Trinajstić information content (AvgIpc) is 2.59. The third-order valence-corrected chi connectivity index (χ3v) is 3.44. The van der Waals surface area contributed by atoms with Crippen LogP contribution in [0, 0.1) is 0 Å². The maximum Gasteiger partial charge on any atom is 0.258 e. The highest BCUT2D eigenvalue weighted by Gasteiger charge is 2.23. The standard InChI is InChI=1S/C18H21NO4/c1-18(21,14-7-4-3-5-8-14)13-19-17(20)12-23-16-10-6-9-15(11-16)22-2/h3-11,21H,12-13H2,1-2H3,(H,19,20). The molecule has 0 aliphatic rings. The Morgan fingerprint density at radius 2 is 1.83 bits per heavy atom. The maximum absolute atomic E-state index is 11.9. The molecule has 5 nitrogen and oxygen atoms in total. The van der Waals surface area contributed by atoms with Gasteiger partial charge in [0.2, 0.25) is 0 Å². The highest BCUT2D eigenvalue weighted by atomic mass is 16.5. The van der Waals surface area contributed by atoms with Crippen LogP contribution in [-0.4, -0.2) is 31.3 Å². The van der Waals surface area contributed by atoms with Crippen LogP contribution in [0.15, 0.2) is 54.6 Å². The molecule has 0 aromatic heterocycles. The fourth-order valence-electron chi connectivity index (χ4n) is 2.06. The van der Waals surface area contributed by atoms with E-state index >= 15 is 0 Å². The predicted octanol–water partition coefficient (Wildman–Crippen LogP) is 2.10. The Morgan fingerprint density at radius 3 is 2.52 bits per heavy atom. The molecule has 0 heterocycles. The van der Waals surface area contributed by atoms with Gasteiger partial charge in [-0.25, -0.2) is 0 Å². The minimum atomic E-state index is -1.13. The summed E-state index contributed by atoms with van der Waals surface area (Å²) in [5.74, 6) is 0.910. The average molecular weight is 315 g/mol. The summed E-state index contributed by atoms with van der Waals surface area (Å²) < 4.78 is 10.5. The number of carbonyl (C=O) groups is 1. The van der Waals surface area contributed by atoms with Crippen molar-refractivity contribution in [3.05, 3.63) is 60.2 Å². The molecule has 0 saturated heterocycles. The lowest BCUT2D eigenvalue weighted by molar-refractivity contribution is -0.124. The fraction of sp³-hybridized carbons (Fsp3) is 0.278. The minimum Gasteiger partial charge on any atom is -0.497 e. The molecule has 0 saturated carbocycles. The summed E-state index contributed by atoms with van der Waals surface area (Å²) >= 11 is 0. The van der Waals surface area contributed by atoms with Gasteiger partial charge in [0.15, 0.2) is 6.61 Å². The van der Waals surface area contributed by atoms with Crippen molar-refractivity contribution in [3.63, 3.8) is 0 Å². The largest absolute Gasteiger partial charge is 0.497 e. The van der Waals surface area contributed by atoms with Crippen LogP contribution in [0.4, 0.5) is 0 Å². The molecule has 0 radical (unpaired) electrons. The second kappa shape index (κ2) is 7.65. The predicted molar refractivity (Wildman–Crippen MR) is 87.5 cm³/mol. The maximum atomic E-state index is 11.9. The smallest absolute Gasteiger partial charge is 0.258 e. The molecule has 1 amide bonds. The molecule has 2 aromatic rings. The van der Waals surface area contributed by atoms with E-state index in [1.807, 2.05) is 30.3 Å². The first-order chi connectivity index (χ1) is 11.0. The van der Waals surface area contributed by atoms with Crippen LogP contribution < -0.4 is 14.8 Å². The Labute approximate surface area is 135 Å². The molecular weight excluding hydrogens is 294 g/mol.